The predicted molar refractivity (Wildman–Crippen MR) is 80.1 cm³/mol. The lowest BCUT2D eigenvalue weighted by molar-refractivity contribution is 1.18. The van der Waals surface area contributed by atoms with Crippen molar-refractivity contribution in [2.24, 2.45) is 5.73 Å². The molecule has 4 nitrogen and oxygen atoms in total. The van der Waals surface area contributed by atoms with Gasteiger partial charge in [-0.2, -0.15) is 0 Å². The van der Waals surface area contributed by atoms with E-state index < -0.39 is 0 Å². The molecule has 1 aromatic heterocycles. The maximum absolute atomic E-state index is 5.46. The second-order valence-electron chi connectivity index (χ2n) is 3.76. The molecule has 6 heteroatoms. The summed E-state index contributed by atoms with van der Waals surface area (Å²) in [5.74, 6) is 0.640. The number of nitrogens with two attached hydrogens (primary N) is 1. The standard InChI is InChI=1S/C12H11BrN4S/c1-7-2-3-8(13)9(4-7)17-11-6-15-10(5-16-11)12(14)18/h2-6H,1H3,(H2,14,18)(H,16,17). The van der Waals surface area contributed by atoms with Crippen LogP contribution in [0.4, 0.5) is 11.5 Å². The average molecular weight is 323 g/mol. The van der Waals surface area contributed by atoms with E-state index in [4.69, 9.17) is 18.0 Å². The highest BCUT2D eigenvalue weighted by Gasteiger charge is 2.03. The van der Waals surface area contributed by atoms with E-state index >= 15 is 0 Å². The largest absolute Gasteiger partial charge is 0.388 e. The number of halogens is 1. The maximum atomic E-state index is 5.46. The van der Waals surface area contributed by atoms with Crippen LogP contribution >= 0.6 is 28.1 Å². The molecule has 92 valence electrons. The number of rotatable bonds is 3. The summed E-state index contributed by atoms with van der Waals surface area (Å²) in [6, 6.07) is 6.03. The molecule has 0 saturated carbocycles. The van der Waals surface area contributed by atoms with E-state index in [-0.39, 0.29) is 4.99 Å². The zero-order valence-corrected chi connectivity index (χ0v) is 12.0. The smallest absolute Gasteiger partial charge is 0.148 e. The quantitative estimate of drug-likeness (QED) is 0.851. The molecule has 2 aromatic rings. The molecule has 18 heavy (non-hydrogen) atoms. The number of hydrogen-bond acceptors (Lipinski definition) is 4. The Kier molecular flexibility index (Phi) is 3.88. The van der Waals surface area contributed by atoms with Gasteiger partial charge in [0.05, 0.1) is 18.1 Å². The maximum Gasteiger partial charge on any atom is 0.148 e. The Balaban J connectivity index is 2.23. The van der Waals surface area contributed by atoms with E-state index in [1.807, 2.05) is 25.1 Å². The highest BCUT2D eigenvalue weighted by Crippen LogP contribution is 2.25. The Labute approximate surface area is 119 Å². The molecule has 3 N–H and O–H groups in total. The van der Waals surface area contributed by atoms with Gasteiger partial charge in [0.15, 0.2) is 0 Å². The van der Waals surface area contributed by atoms with Crippen LogP contribution in [0.1, 0.15) is 11.3 Å². The van der Waals surface area contributed by atoms with Crippen LogP contribution in [0.25, 0.3) is 0 Å². The van der Waals surface area contributed by atoms with Gasteiger partial charge in [-0.05, 0) is 40.5 Å². The molecule has 0 aliphatic rings. The third-order valence-corrected chi connectivity index (χ3v) is 3.19. The molecule has 0 saturated heterocycles. The van der Waals surface area contributed by atoms with E-state index in [1.165, 1.54) is 0 Å². The van der Waals surface area contributed by atoms with Gasteiger partial charge in [-0.1, -0.05) is 18.3 Å². The van der Waals surface area contributed by atoms with Crippen LogP contribution in [0, 0.1) is 6.92 Å². The van der Waals surface area contributed by atoms with E-state index in [0.29, 0.717) is 11.5 Å². The fourth-order valence-electron chi connectivity index (χ4n) is 1.39. The summed E-state index contributed by atoms with van der Waals surface area (Å²) in [5.41, 5.74) is 8.07. The van der Waals surface area contributed by atoms with Crippen molar-refractivity contribution in [2.45, 2.75) is 6.92 Å². The SMILES string of the molecule is Cc1ccc(Br)c(Nc2cnc(C(N)=S)cn2)c1. The number of nitrogens with zero attached hydrogens (tertiary/aromatic N) is 2. The van der Waals surface area contributed by atoms with Gasteiger partial charge in [0, 0.05) is 4.47 Å². The summed E-state index contributed by atoms with van der Waals surface area (Å²) in [6.07, 6.45) is 3.15. The Morgan fingerprint density at radius 1 is 1.33 bits per heavy atom. The van der Waals surface area contributed by atoms with Crippen LogP contribution in [0.3, 0.4) is 0 Å². The fraction of sp³-hybridized carbons (Fsp3) is 0.0833. The van der Waals surface area contributed by atoms with E-state index in [1.54, 1.807) is 12.4 Å². The number of aromatic nitrogens is 2. The van der Waals surface area contributed by atoms with E-state index in [0.717, 1.165) is 15.7 Å². The Hall–Kier alpha value is -1.53. The van der Waals surface area contributed by atoms with Gasteiger partial charge < -0.3 is 11.1 Å². The minimum Gasteiger partial charge on any atom is -0.388 e. The summed E-state index contributed by atoms with van der Waals surface area (Å²) in [6.45, 7) is 2.03. The van der Waals surface area contributed by atoms with Crippen LogP contribution in [0.5, 0.6) is 0 Å². The summed E-state index contributed by atoms with van der Waals surface area (Å²) < 4.78 is 0.966. The third-order valence-electron chi connectivity index (χ3n) is 2.29. The van der Waals surface area contributed by atoms with Gasteiger partial charge in [-0.25, -0.2) is 9.97 Å². The van der Waals surface area contributed by atoms with Crippen molar-refractivity contribution in [3.8, 4) is 0 Å². The van der Waals surface area contributed by atoms with Gasteiger partial charge in [0.2, 0.25) is 0 Å². The second-order valence-corrected chi connectivity index (χ2v) is 5.05. The Morgan fingerprint density at radius 2 is 2.11 bits per heavy atom. The monoisotopic (exact) mass is 322 g/mol. The van der Waals surface area contributed by atoms with Crippen molar-refractivity contribution < 1.29 is 0 Å². The van der Waals surface area contributed by atoms with Crippen LogP contribution in [-0.2, 0) is 0 Å². The molecule has 0 unspecified atom stereocenters. The molecule has 1 aromatic carbocycles. The number of hydrogen-bond donors (Lipinski definition) is 2. The summed E-state index contributed by atoms with van der Waals surface area (Å²) >= 11 is 8.29. The molecular weight excluding hydrogens is 312 g/mol. The van der Waals surface area contributed by atoms with E-state index in [9.17, 15) is 0 Å². The minimum atomic E-state index is 0.241. The molecule has 1 heterocycles. The minimum absolute atomic E-state index is 0.241. The first-order valence-electron chi connectivity index (χ1n) is 5.21. The van der Waals surface area contributed by atoms with Crippen LogP contribution in [0.15, 0.2) is 35.1 Å². The molecule has 0 spiro atoms. The summed E-state index contributed by atoms with van der Waals surface area (Å²) in [4.78, 5) is 8.57. The molecule has 2 rings (SSSR count). The summed E-state index contributed by atoms with van der Waals surface area (Å²) in [7, 11) is 0. The topological polar surface area (TPSA) is 63.8 Å². The molecule has 0 aliphatic heterocycles. The lowest BCUT2D eigenvalue weighted by Crippen LogP contribution is -2.12. The van der Waals surface area contributed by atoms with Crippen LogP contribution in [-0.4, -0.2) is 15.0 Å². The molecule has 0 atom stereocenters. The van der Waals surface area contributed by atoms with Crippen molar-refractivity contribution >= 4 is 44.6 Å². The number of anilines is 2. The Bertz CT molecular complexity index is 583. The third kappa shape index (κ3) is 3.02. The van der Waals surface area contributed by atoms with Gasteiger partial charge in [-0.3, -0.25) is 0 Å². The second kappa shape index (κ2) is 5.41. The summed E-state index contributed by atoms with van der Waals surface area (Å²) in [5, 5.41) is 3.17. The van der Waals surface area contributed by atoms with Gasteiger partial charge in [0.25, 0.3) is 0 Å². The predicted octanol–water partition coefficient (Wildman–Crippen LogP) is 2.93. The van der Waals surface area contributed by atoms with Crippen molar-refractivity contribution in [3.63, 3.8) is 0 Å². The number of benzene rings is 1. The first kappa shape index (κ1) is 12.9. The molecule has 0 fully saturated rings. The highest BCUT2D eigenvalue weighted by molar-refractivity contribution is 9.10. The lowest BCUT2D eigenvalue weighted by atomic mass is 10.2. The molecule has 0 bridgehead atoms. The molecular formula is C12H11BrN4S. The lowest BCUT2D eigenvalue weighted by Gasteiger charge is -2.08. The van der Waals surface area contributed by atoms with Gasteiger partial charge in [-0.15, -0.1) is 0 Å². The van der Waals surface area contributed by atoms with Crippen molar-refractivity contribution in [3.05, 3.63) is 46.3 Å². The molecule has 0 radical (unpaired) electrons. The zero-order chi connectivity index (χ0) is 13.1. The Morgan fingerprint density at radius 3 is 2.72 bits per heavy atom. The fourth-order valence-corrected chi connectivity index (χ4v) is 1.84. The van der Waals surface area contributed by atoms with Crippen molar-refractivity contribution in [1.82, 2.24) is 9.97 Å². The van der Waals surface area contributed by atoms with Crippen LogP contribution < -0.4 is 11.1 Å². The van der Waals surface area contributed by atoms with Gasteiger partial charge in [0.1, 0.15) is 16.5 Å². The zero-order valence-electron chi connectivity index (χ0n) is 9.64. The van der Waals surface area contributed by atoms with Gasteiger partial charge >= 0.3 is 0 Å². The first-order valence-corrected chi connectivity index (χ1v) is 6.41. The average Bonchev–Trinajstić information content (AvgIpc) is 2.34. The number of thiocarbonyl (C=S) groups is 1. The highest BCUT2D eigenvalue weighted by atomic mass is 79.9. The van der Waals surface area contributed by atoms with Crippen molar-refractivity contribution in [1.29, 1.82) is 0 Å². The number of aryl methyl sites for hydroxylation is 1. The van der Waals surface area contributed by atoms with Crippen LogP contribution in [0.2, 0.25) is 0 Å². The van der Waals surface area contributed by atoms with E-state index in [2.05, 4.69) is 31.2 Å². The normalized spacial score (nSPS) is 10.1. The molecule has 0 amide bonds. The van der Waals surface area contributed by atoms with Crippen molar-refractivity contribution in [2.75, 3.05) is 5.32 Å². The molecule has 0 aliphatic carbocycles. The first-order chi connectivity index (χ1) is 8.56. The number of nitrogens with one attached hydrogen (secondary N) is 1.